The maximum atomic E-state index is 6.37. The van der Waals surface area contributed by atoms with Gasteiger partial charge in [0.25, 0.3) is 0 Å². The fraction of sp³-hybridized carbons (Fsp3) is 0.143. The molecule has 0 fully saturated rings. The van der Waals surface area contributed by atoms with Gasteiger partial charge in [0, 0.05) is 10.9 Å². The Hall–Kier alpha value is -2.48. The first-order chi connectivity index (χ1) is 11.1. The van der Waals surface area contributed by atoms with Crippen molar-refractivity contribution in [3.8, 4) is 16.9 Å². The Labute approximate surface area is 137 Å². The molecule has 1 unspecified atom stereocenters. The van der Waals surface area contributed by atoms with Crippen molar-refractivity contribution < 1.29 is 4.74 Å². The lowest BCUT2D eigenvalue weighted by Crippen LogP contribution is -2.32. The van der Waals surface area contributed by atoms with Crippen LogP contribution in [0.1, 0.15) is 23.6 Å². The van der Waals surface area contributed by atoms with Gasteiger partial charge in [0.1, 0.15) is 5.75 Å². The maximum absolute atomic E-state index is 6.37. The highest BCUT2D eigenvalue weighted by atomic mass is 16.5. The first-order valence-corrected chi connectivity index (χ1v) is 8.18. The molecule has 2 aliphatic rings. The predicted octanol–water partition coefficient (Wildman–Crippen LogP) is 4.17. The third-order valence-corrected chi connectivity index (χ3v) is 4.98. The van der Waals surface area contributed by atoms with Crippen LogP contribution in [0.15, 0.2) is 54.6 Å². The molecule has 0 saturated heterocycles. The number of rotatable bonds is 0. The third kappa shape index (κ3) is 1.75. The summed E-state index contributed by atoms with van der Waals surface area (Å²) in [6.45, 7) is 2.11. The second-order valence-electron chi connectivity index (χ2n) is 7.01. The van der Waals surface area contributed by atoms with Crippen LogP contribution >= 0.6 is 0 Å². The van der Waals surface area contributed by atoms with Gasteiger partial charge in [0.2, 0.25) is 0 Å². The monoisotopic (exact) mass is 296 g/mol. The molecule has 0 aromatic heterocycles. The number of benzene rings is 3. The minimum absolute atomic E-state index is 0.255. The molecular weight excluding hydrogens is 279 g/mol. The summed E-state index contributed by atoms with van der Waals surface area (Å²) in [5, 5.41) is 2.52. The van der Waals surface area contributed by atoms with E-state index in [4.69, 9.17) is 4.74 Å². The summed E-state index contributed by atoms with van der Waals surface area (Å²) in [6, 6.07) is 17.4. The molecule has 1 heterocycles. The summed E-state index contributed by atoms with van der Waals surface area (Å²) in [6.07, 6.45) is 5.43. The van der Waals surface area contributed by atoms with Crippen molar-refractivity contribution in [2.45, 2.75) is 18.8 Å². The van der Waals surface area contributed by atoms with E-state index in [9.17, 15) is 0 Å². The molecule has 1 aliphatic carbocycles. The van der Waals surface area contributed by atoms with Gasteiger partial charge in [-0.2, -0.15) is 0 Å². The van der Waals surface area contributed by atoms with Crippen molar-refractivity contribution in [2.24, 2.45) is 0 Å². The summed E-state index contributed by atoms with van der Waals surface area (Å²) >= 11 is 0. The summed E-state index contributed by atoms with van der Waals surface area (Å²) in [4.78, 5) is 0. The molecule has 110 valence electrons. The highest BCUT2D eigenvalue weighted by Gasteiger charge is 2.30. The molecule has 0 amide bonds. The number of hydrogen-bond donors (Lipinski definition) is 0. The quantitative estimate of drug-likeness (QED) is 0.443. The Morgan fingerprint density at radius 1 is 1.00 bits per heavy atom. The van der Waals surface area contributed by atoms with E-state index in [-0.39, 0.29) is 5.50 Å². The normalized spacial score (nSPS) is 20.7. The van der Waals surface area contributed by atoms with Gasteiger partial charge >= 0.3 is 0 Å². The molecule has 3 aromatic rings. The smallest absolute Gasteiger partial charge is 0.163 e. The molecular formula is C21H17BO. The summed E-state index contributed by atoms with van der Waals surface area (Å²) in [5.41, 5.74) is 6.60. The number of hydrogen-bond acceptors (Lipinski definition) is 1. The van der Waals surface area contributed by atoms with Crippen LogP contribution in [0.3, 0.4) is 0 Å². The topological polar surface area (TPSA) is 9.23 Å². The Kier molecular flexibility index (Phi) is 2.43. The Balaban J connectivity index is 1.94. The Morgan fingerprint density at radius 3 is 2.61 bits per heavy atom. The number of fused-ring (bicyclic) bond motifs is 8. The van der Waals surface area contributed by atoms with E-state index in [0.29, 0.717) is 0 Å². The molecule has 0 N–H and O–H groups in total. The van der Waals surface area contributed by atoms with Gasteiger partial charge in [0.05, 0.1) is 5.50 Å². The zero-order valence-electron chi connectivity index (χ0n) is 13.4. The van der Waals surface area contributed by atoms with Crippen LogP contribution in [0.25, 0.3) is 28.0 Å². The van der Waals surface area contributed by atoms with Gasteiger partial charge < -0.3 is 4.74 Å². The van der Waals surface area contributed by atoms with Crippen LogP contribution in [-0.4, -0.2) is 13.3 Å². The molecule has 0 spiro atoms. The lowest BCUT2D eigenvalue weighted by Gasteiger charge is -2.30. The predicted molar refractivity (Wildman–Crippen MR) is 98.8 cm³/mol. The van der Waals surface area contributed by atoms with E-state index in [2.05, 4.69) is 75.5 Å². The van der Waals surface area contributed by atoms with E-state index in [1.807, 2.05) is 0 Å². The van der Waals surface area contributed by atoms with Crippen LogP contribution in [0, 0.1) is 0 Å². The maximum Gasteiger partial charge on any atom is 0.163 e. The van der Waals surface area contributed by atoms with Crippen LogP contribution in [0.4, 0.5) is 0 Å². The molecule has 0 saturated carbocycles. The van der Waals surface area contributed by atoms with Gasteiger partial charge in [0.15, 0.2) is 7.85 Å². The summed E-state index contributed by atoms with van der Waals surface area (Å²) in [7, 11) is 2.11. The molecule has 1 aliphatic heterocycles. The van der Waals surface area contributed by atoms with Crippen LogP contribution < -0.4 is 4.74 Å². The second-order valence-corrected chi connectivity index (χ2v) is 7.01. The van der Waals surface area contributed by atoms with Crippen molar-refractivity contribution in [2.75, 3.05) is 0 Å². The molecule has 1 atom stereocenters. The van der Waals surface area contributed by atoms with Crippen molar-refractivity contribution >= 4 is 24.7 Å². The average molecular weight is 296 g/mol. The van der Waals surface area contributed by atoms with Crippen molar-refractivity contribution in [1.29, 1.82) is 0 Å². The molecule has 3 aromatic carbocycles. The minimum Gasteiger partial charge on any atom is -0.492 e. The fourth-order valence-corrected chi connectivity index (χ4v) is 3.95. The highest BCUT2D eigenvalue weighted by molar-refractivity contribution is 6.17. The van der Waals surface area contributed by atoms with Crippen LogP contribution in [0.5, 0.6) is 5.75 Å². The Morgan fingerprint density at radius 2 is 1.74 bits per heavy atom. The standard InChI is InChI=1S/C21H17BO/c1-21(22)11-10-17-18-12-13-6-2-3-7-14(13)19(18)15-8-4-5-9-16(15)20(17)23-21/h2-11H,12,22H2,1H3. The number of ether oxygens (including phenoxy) is 1. The first-order valence-electron chi connectivity index (χ1n) is 8.18. The van der Waals surface area contributed by atoms with Crippen molar-refractivity contribution in [3.05, 3.63) is 71.3 Å². The largest absolute Gasteiger partial charge is 0.492 e. The molecule has 23 heavy (non-hydrogen) atoms. The van der Waals surface area contributed by atoms with Gasteiger partial charge in [-0.15, -0.1) is 0 Å². The van der Waals surface area contributed by atoms with Gasteiger partial charge in [-0.05, 0) is 47.1 Å². The first kappa shape index (κ1) is 13.0. The average Bonchev–Trinajstić information content (AvgIpc) is 2.94. The fourth-order valence-electron chi connectivity index (χ4n) is 3.95. The van der Waals surface area contributed by atoms with Gasteiger partial charge in [-0.1, -0.05) is 54.6 Å². The molecule has 0 radical (unpaired) electrons. The summed E-state index contributed by atoms with van der Waals surface area (Å²) < 4.78 is 6.37. The lowest BCUT2D eigenvalue weighted by atomic mass is 9.80. The van der Waals surface area contributed by atoms with Crippen LogP contribution in [-0.2, 0) is 6.42 Å². The third-order valence-electron chi connectivity index (χ3n) is 4.98. The van der Waals surface area contributed by atoms with Crippen molar-refractivity contribution in [3.63, 3.8) is 0 Å². The Bertz CT molecular complexity index is 998. The van der Waals surface area contributed by atoms with Gasteiger partial charge in [-0.25, -0.2) is 0 Å². The molecule has 0 bridgehead atoms. The van der Waals surface area contributed by atoms with E-state index in [0.717, 1.165) is 12.2 Å². The van der Waals surface area contributed by atoms with E-state index >= 15 is 0 Å². The molecule has 5 rings (SSSR count). The summed E-state index contributed by atoms with van der Waals surface area (Å²) in [5.74, 6) is 1.04. The zero-order chi connectivity index (χ0) is 15.6. The van der Waals surface area contributed by atoms with E-state index < -0.39 is 0 Å². The van der Waals surface area contributed by atoms with Gasteiger partial charge in [-0.3, -0.25) is 0 Å². The molecule has 1 nitrogen and oxygen atoms in total. The van der Waals surface area contributed by atoms with E-state index in [1.165, 1.54) is 38.6 Å². The minimum atomic E-state index is -0.255. The highest BCUT2D eigenvalue weighted by Crippen LogP contribution is 2.49. The lowest BCUT2D eigenvalue weighted by molar-refractivity contribution is 0.227. The zero-order valence-corrected chi connectivity index (χ0v) is 13.4. The van der Waals surface area contributed by atoms with E-state index in [1.54, 1.807) is 0 Å². The second kappa shape index (κ2) is 4.29. The SMILES string of the molecule is BC1(C)C=Cc2c3c(c4ccccc4c2O1)-c1ccccc1C3. The van der Waals surface area contributed by atoms with Crippen LogP contribution in [0.2, 0.25) is 0 Å². The molecule has 2 heteroatoms. The van der Waals surface area contributed by atoms with Crippen molar-refractivity contribution in [1.82, 2.24) is 0 Å².